The van der Waals surface area contributed by atoms with E-state index < -0.39 is 5.91 Å². The number of anilines is 5. The minimum Gasteiger partial charge on any atom is -0.403 e. The van der Waals surface area contributed by atoms with Crippen LogP contribution in [-0.2, 0) is 0 Å². The van der Waals surface area contributed by atoms with Gasteiger partial charge in [0.05, 0.1) is 0 Å². The van der Waals surface area contributed by atoms with Gasteiger partial charge in [0.25, 0.3) is 5.91 Å². The quantitative estimate of drug-likeness (QED) is 0.340. The molecule has 0 spiro atoms. The number of carbonyl (C=O) groups is 1. The van der Waals surface area contributed by atoms with Crippen molar-refractivity contribution in [2.24, 2.45) is 17.2 Å². The van der Waals surface area contributed by atoms with E-state index in [0.717, 1.165) is 31.4 Å². The van der Waals surface area contributed by atoms with Gasteiger partial charge in [-0.2, -0.15) is 4.98 Å². The maximum atomic E-state index is 11.8. The smallest absolute Gasteiger partial charge is 0.254 e. The maximum Gasteiger partial charge on any atom is 0.254 e. The number of rotatable bonds is 7. The van der Waals surface area contributed by atoms with E-state index in [1.807, 2.05) is 0 Å². The zero-order valence-electron chi connectivity index (χ0n) is 16.1. The number of benzene rings is 1. The fourth-order valence-corrected chi connectivity index (χ4v) is 3.32. The fourth-order valence-electron chi connectivity index (χ4n) is 3.32. The lowest BCUT2D eigenvalue weighted by molar-refractivity contribution is 0.100. The Bertz CT molecular complexity index is 899. The van der Waals surface area contributed by atoms with E-state index in [1.165, 1.54) is 12.4 Å². The third kappa shape index (κ3) is 5.26. The molecular formula is C19H27N9O. The Morgan fingerprint density at radius 2 is 1.93 bits per heavy atom. The lowest BCUT2D eigenvalue weighted by Gasteiger charge is -2.29. The maximum absolute atomic E-state index is 11.8. The molecule has 2 atom stereocenters. The molecule has 0 aliphatic heterocycles. The van der Waals surface area contributed by atoms with Gasteiger partial charge >= 0.3 is 0 Å². The highest BCUT2D eigenvalue weighted by atomic mass is 16.1. The molecule has 1 fully saturated rings. The van der Waals surface area contributed by atoms with E-state index >= 15 is 0 Å². The summed E-state index contributed by atoms with van der Waals surface area (Å²) in [6, 6.07) is 5.39. The van der Waals surface area contributed by atoms with Crippen molar-refractivity contribution in [2.75, 3.05) is 21.7 Å². The average molecular weight is 397 g/mol. The molecule has 10 nitrogen and oxygen atoms in total. The number of nitrogen functional groups attached to an aromatic ring is 1. The van der Waals surface area contributed by atoms with Crippen LogP contribution in [0.3, 0.4) is 0 Å². The van der Waals surface area contributed by atoms with Crippen molar-refractivity contribution in [1.29, 1.82) is 0 Å². The van der Waals surface area contributed by atoms with E-state index in [-0.39, 0.29) is 23.5 Å². The standard InChI is InChI=1S/C19H27N9O/c20-5-6-24-12-7-11(21)8-13(9-12)26-18-14(17(23)29)10-25-19(28-18)27-16-4-2-1-3-15(16)22/h5-10,15-16,24H,1-4,20-22H2,(H2,23,29)(H2,25,26,27,28)/b6-5-/t15-,16+/m0/s1. The Morgan fingerprint density at radius 3 is 2.66 bits per heavy atom. The van der Waals surface area contributed by atoms with Gasteiger partial charge in [0, 0.05) is 47.7 Å². The van der Waals surface area contributed by atoms with Crippen LogP contribution in [0.5, 0.6) is 0 Å². The molecule has 0 saturated heterocycles. The molecule has 3 rings (SSSR count). The normalized spacial score (nSPS) is 19.1. The second-order valence-electron chi connectivity index (χ2n) is 6.99. The summed E-state index contributed by atoms with van der Waals surface area (Å²) in [6.07, 6.45) is 8.48. The Hall–Kier alpha value is -3.53. The van der Waals surface area contributed by atoms with Crippen LogP contribution in [0.1, 0.15) is 36.0 Å². The molecule has 29 heavy (non-hydrogen) atoms. The SMILES string of the molecule is N/C=C\Nc1cc(N)cc(Nc2nc(N[C@@H]3CCCC[C@@H]3N)ncc2C(N)=O)c1. The molecule has 1 amide bonds. The van der Waals surface area contributed by atoms with Gasteiger partial charge in [0.2, 0.25) is 5.95 Å². The van der Waals surface area contributed by atoms with Gasteiger partial charge in [-0.3, -0.25) is 4.79 Å². The van der Waals surface area contributed by atoms with Crippen LogP contribution in [0.25, 0.3) is 0 Å². The number of nitrogens with zero attached hydrogens (tertiary/aromatic N) is 2. The first kappa shape index (κ1) is 20.2. The number of primary amides is 1. The van der Waals surface area contributed by atoms with Crippen molar-refractivity contribution in [3.05, 3.63) is 42.4 Å². The fraction of sp³-hybridized carbons (Fsp3) is 0.316. The Kier molecular flexibility index (Phi) is 6.35. The highest BCUT2D eigenvalue weighted by Gasteiger charge is 2.23. The molecule has 1 aliphatic rings. The summed E-state index contributed by atoms with van der Waals surface area (Å²) in [4.78, 5) is 20.5. The van der Waals surface area contributed by atoms with Gasteiger partial charge in [-0.25, -0.2) is 4.98 Å². The monoisotopic (exact) mass is 397 g/mol. The molecule has 0 radical (unpaired) electrons. The number of hydrogen-bond donors (Lipinski definition) is 7. The molecule has 0 bridgehead atoms. The van der Waals surface area contributed by atoms with E-state index in [1.54, 1.807) is 24.4 Å². The lowest BCUT2D eigenvalue weighted by atomic mass is 9.91. The summed E-state index contributed by atoms with van der Waals surface area (Å²) in [6.45, 7) is 0. The number of nitrogens with one attached hydrogen (secondary N) is 3. The molecule has 10 heteroatoms. The highest BCUT2D eigenvalue weighted by molar-refractivity contribution is 5.98. The number of carbonyl (C=O) groups excluding carboxylic acids is 1. The molecule has 1 saturated carbocycles. The molecule has 0 unspecified atom stereocenters. The van der Waals surface area contributed by atoms with Gasteiger partial charge in [0.15, 0.2) is 0 Å². The average Bonchev–Trinajstić information content (AvgIpc) is 2.68. The summed E-state index contributed by atoms with van der Waals surface area (Å²) in [5.41, 5.74) is 25.0. The minimum atomic E-state index is -0.637. The number of hydrogen-bond acceptors (Lipinski definition) is 9. The van der Waals surface area contributed by atoms with Crippen molar-refractivity contribution in [3.8, 4) is 0 Å². The van der Waals surface area contributed by atoms with Crippen molar-refractivity contribution < 1.29 is 4.79 Å². The molecule has 1 aromatic heterocycles. The summed E-state index contributed by atoms with van der Waals surface area (Å²) < 4.78 is 0. The predicted octanol–water partition coefficient (Wildman–Crippen LogP) is 1.42. The summed E-state index contributed by atoms with van der Waals surface area (Å²) in [5.74, 6) is 0.0280. The van der Waals surface area contributed by atoms with Gasteiger partial charge < -0.3 is 38.9 Å². The van der Waals surface area contributed by atoms with Crippen molar-refractivity contribution >= 4 is 34.7 Å². The lowest BCUT2D eigenvalue weighted by Crippen LogP contribution is -2.43. The second kappa shape index (κ2) is 9.11. The molecule has 1 aliphatic carbocycles. The van der Waals surface area contributed by atoms with E-state index in [0.29, 0.717) is 17.3 Å². The van der Waals surface area contributed by atoms with Crippen LogP contribution in [-0.4, -0.2) is 28.0 Å². The highest BCUT2D eigenvalue weighted by Crippen LogP contribution is 2.26. The van der Waals surface area contributed by atoms with Crippen LogP contribution in [0.15, 0.2) is 36.8 Å². The number of nitrogens with two attached hydrogens (primary N) is 4. The van der Waals surface area contributed by atoms with Crippen molar-refractivity contribution in [3.63, 3.8) is 0 Å². The van der Waals surface area contributed by atoms with Crippen LogP contribution in [0.4, 0.5) is 28.8 Å². The van der Waals surface area contributed by atoms with Crippen LogP contribution < -0.4 is 38.9 Å². The molecule has 11 N–H and O–H groups in total. The van der Waals surface area contributed by atoms with E-state index in [2.05, 4.69) is 25.9 Å². The molecule has 154 valence electrons. The third-order valence-corrected chi connectivity index (χ3v) is 4.75. The minimum absolute atomic E-state index is 0.0396. The molecule has 1 aromatic carbocycles. The van der Waals surface area contributed by atoms with Crippen molar-refractivity contribution in [1.82, 2.24) is 9.97 Å². The summed E-state index contributed by atoms with van der Waals surface area (Å²) >= 11 is 0. The topological polar surface area (TPSA) is 183 Å². The van der Waals surface area contributed by atoms with Gasteiger partial charge in [0.1, 0.15) is 11.4 Å². The van der Waals surface area contributed by atoms with E-state index in [4.69, 9.17) is 22.9 Å². The van der Waals surface area contributed by atoms with Crippen LogP contribution in [0.2, 0.25) is 0 Å². The zero-order chi connectivity index (χ0) is 20.8. The van der Waals surface area contributed by atoms with Crippen molar-refractivity contribution in [2.45, 2.75) is 37.8 Å². The Labute approximate surface area is 169 Å². The Balaban J connectivity index is 1.86. The molecular weight excluding hydrogens is 370 g/mol. The number of amides is 1. The molecule has 2 aromatic rings. The van der Waals surface area contributed by atoms with Crippen LogP contribution in [0, 0.1) is 0 Å². The summed E-state index contributed by atoms with van der Waals surface area (Å²) in [7, 11) is 0. The summed E-state index contributed by atoms with van der Waals surface area (Å²) in [5, 5.41) is 9.37. The first-order valence-electron chi connectivity index (χ1n) is 9.46. The van der Waals surface area contributed by atoms with Crippen LogP contribution >= 0.6 is 0 Å². The predicted molar refractivity (Wildman–Crippen MR) is 115 cm³/mol. The van der Waals surface area contributed by atoms with E-state index in [9.17, 15) is 4.79 Å². The second-order valence-corrected chi connectivity index (χ2v) is 6.99. The first-order chi connectivity index (χ1) is 14.0. The molecule has 1 heterocycles. The number of aromatic nitrogens is 2. The Morgan fingerprint density at radius 1 is 1.17 bits per heavy atom. The first-order valence-corrected chi connectivity index (χ1v) is 9.46. The third-order valence-electron chi connectivity index (χ3n) is 4.75. The zero-order valence-corrected chi connectivity index (χ0v) is 16.1. The van der Waals surface area contributed by atoms with Gasteiger partial charge in [-0.05, 0) is 31.0 Å². The largest absolute Gasteiger partial charge is 0.403 e. The van der Waals surface area contributed by atoms with Gasteiger partial charge in [-0.15, -0.1) is 0 Å². The van der Waals surface area contributed by atoms with Gasteiger partial charge in [-0.1, -0.05) is 12.8 Å².